The smallest absolute Gasteiger partial charge is 0.335 e. The third-order valence-electron chi connectivity index (χ3n) is 2.92. The molecule has 0 spiro atoms. The molecular weight excluding hydrogens is 262 g/mol. The summed E-state index contributed by atoms with van der Waals surface area (Å²) in [4.78, 5) is 36.2. The Balaban J connectivity index is 2.11. The van der Waals surface area contributed by atoms with E-state index in [1.165, 1.54) is 30.5 Å². The van der Waals surface area contributed by atoms with Crippen molar-refractivity contribution in [1.29, 1.82) is 0 Å². The number of amides is 2. The molecule has 0 atom stereocenters. The van der Waals surface area contributed by atoms with Crippen LogP contribution in [-0.2, 0) is 0 Å². The fraction of sp³-hybridized carbons (Fsp3) is 0. The molecule has 1 aliphatic rings. The van der Waals surface area contributed by atoms with Crippen molar-refractivity contribution < 1.29 is 19.5 Å². The Morgan fingerprint density at radius 1 is 1.10 bits per heavy atom. The quantitative estimate of drug-likeness (QED) is 0.815. The number of aromatic nitrogens is 2. The molecule has 0 saturated carbocycles. The van der Waals surface area contributed by atoms with E-state index in [-0.39, 0.29) is 22.5 Å². The number of imide groups is 1. The number of carboxylic acids is 1. The summed E-state index contributed by atoms with van der Waals surface area (Å²) in [5.74, 6) is -2.20. The number of hydrogen-bond donors (Lipinski definition) is 1. The average molecular weight is 269 g/mol. The SMILES string of the molecule is O=C(O)c1ccc2c(c1)C(=O)N(c1cccnn1)C2=O. The van der Waals surface area contributed by atoms with Crippen LogP contribution in [0.3, 0.4) is 0 Å². The molecule has 0 aliphatic carbocycles. The van der Waals surface area contributed by atoms with Crippen molar-refractivity contribution in [2.24, 2.45) is 0 Å². The van der Waals surface area contributed by atoms with Gasteiger partial charge in [-0.15, -0.1) is 5.10 Å². The minimum Gasteiger partial charge on any atom is -0.478 e. The Morgan fingerprint density at radius 3 is 2.50 bits per heavy atom. The van der Waals surface area contributed by atoms with Crippen LogP contribution < -0.4 is 4.90 Å². The van der Waals surface area contributed by atoms with E-state index < -0.39 is 17.8 Å². The van der Waals surface area contributed by atoms with E-state index in [4.69, 9.17) is 5.11 Å². The highest BCUT2D eigenvalue weighted by Gasteiger charge is 2.38. The highest BCUT2D eigenvalue weighted by atomic mass is 16.4. The van der Waals surface area contributed by atoms with Gasteiger partial charge in [0.2, 0.25) is 0 Å². The van der Waals surface area contributed by atoms with Crippen molar-refractivity contribution in [3.8, 4) is 0 Å². The minimum atomic E-state index is -1.16. The molecule has 98 valence electrons. The summed E-state index contributed by atoms with van der Waals surface area (Å²) < 4.78 is 0. The van der Waals surface area contributed by atoms with Gasteiger partial charge in [-0.25, -0.2) is 9.69 Å². The third kappa shape index (κ3) is 1.64. The van der Waals surface area contributed by atoms with Gasteiger partial charge < -0.3 is 5.11 Å². The number of anilines is 1. The molecule has 1 N–H and O–H groups in total. The number of carbonyl (C=O) groups is 3. The molecule has 0 fully saturated rings. The van der Waals surface area contributed by atoms with Gasteiger partial charge >= 0.3 is 5.97 Å². The molecule has 0 bridgehead atoms. The molecule has 20 heavy (non-hydrogen) atoms. The summed E-state index contributed by atoms with van der Waals surface area (Å²) in [7, 11) is 0. The van der Waals surface area contributed by atoms with Crippen LogP contribution in [0, 0.1) is 0 Å². The molecule has 0 unspecified atom stereocenters. The van der Waals surface area contributed by atoms with Crippen molar-refractivity contribution in [3.05, 3.63) is 53.2 Å². The van der Waals surface area contributed by atoms with Crippen molar-refractivity contribution in [2.75, 3.05) is 4.90 Å². The lowest BCUT2D eigenvalue weighted by atomic mass is 10.1. The molecule has 1 aromatic carbocycles. The second-order valence-electron chi connectivity index (χ2n) is 4.09. The van der Waals surface area contributed by atoms with Gasteiger partial charge in [-0.2, -0.15) is 5.10 Å². The second kappa shape index (κ2) is 4.23. The van der Waals surface area contributed by atoms with Crippen LogP contribution >= 0.6 is 0 Å². The Hall–Kier alpha value is -3.09. The average Bonchev–Trinajstić information content (AvgIpc) is 2.71. The van der Waals surface area contributed by atoms with E-state index in [9.17, 15) is 14.4 Å². The van der Waals surface area contributed by atoms with E-state index in [2.05, 4.69) is 10.2 Å². The number of hydrogen-bond acceptors (Lipinski definition) is 5. The van der Waals surface area contributed by atoms with Gasteiger partial charge in [0.1, 0.15) is 0 Å². The van der Waals surface area contributed by atoms with Crippen molar-refractivity contribution >= 4 is 23.6 Å². The molecule has 3 rings (SSSR count). The first-order chi connectivity index (χ1) is 9.59. The molecule has 2 amide bonds. The lowest BCUT2D eigenvalue weighted by Gasteiger charge is -2.10. The second-order valence-corrected chi connectivity index (χ2v) is 4.09. The number of nitrogens with zero attached hydrogens (tertiary/aromatic N) is 3. The molecule has 2 heterocycles. The first-order valence-electron chi connectivity index (χ1n) is 5.63. The fourth-order valence-corrected chi connectivity index (χ4v) is 1.99. The van der Waals surface area contributed by atoms with E-state index in [1.807, 2.05) is 0 Å². The van der Waals surface area contributed by atoms with Gasteiger partial charge in [-0.3, -0.25) is 9.59 Å². The summed E-state index contributed by atoms with van der Waals surface area (Å²) in [6, 6.07) is 6.83. The largest absolute Gasteiger partial charge is 0.478 e. The van der Waals surface area contributed by atoms with E-state index in [0.29, 0.717) is 0 Å². The van der Waals surface area contributed by atoms with E-state index in [0.717, 1.165) is 4.90 Å². The standard InChI is InChI=1S/C13H7N3O4/c17-11-8-4-3-7(13(19)20)6-9(8)12(18)16(11)10-2-1-5-14-15-10/h1-6H,(H,19,20). The van der Waals surface area contributed by atoms with Gasteiger partial charge in [-0.05, 0) is 30.3 Å². The van der Waals surface area contributed by atoms with Crippen LogP contribution in [0.2, 0.25) is 0 Å². The van der Waals surface area contributed by atoms with Crippen molar-refractivity contribution in [3.63, 3.8) is 0 Å². The fourth-order valence-electron chi connectivity index (χ4n) is 1.99. The minimum absolute atomic E-state index is 0.0501. The highest BCUT2D eigenvalue weighted by Crippen LogP contribution is 2.27. The molecule has 0 saturated heterocycles. The Bertz CT molecular complexity index is 743. The van der Waals surface area contributed by atoms with E-state index >= 15 is 0 Å². The number of carboxylic acid groups (broad SMARTS) is 1. The Kier molecular flexibility index (Phi) is 2.53. The van der Waals surface area contributed by atoms with Gasteiger partial charge in [0.25, 0.3) is 11.8 Å². The number of aromatic carboxylic acids is 1. The van der Waals surface area contributed by atoms with Gasteiger partial charge in [0.15, 0.2) is 5.82 Å². The van der Waals surface area contributed by atoms with Crippen molar-refractivity contribution in [2.45, 2.75) is 0 Å². The first-order valence-corrected chi connectivity index (χ1v) is 5.63. The predicted octanol–water partition coefficient (Wildman–Crippen LogP) is 0.975. The topological polar surface area (TPSA) is 100 Å². The predicted molar refractivity (Wildman–Crippen MR) is 66.6 cm³/mol. The monoisotopic (exact) mass is 269 g/mol. The molecular formula is C13H7N3O4. The maximum Gasteiger partial charge on any atom is 0.335 e. The zero-order valence-electron chi connectivity index (χ0n) is 9.98. The molecule has 7 nitrogen and oxygen atoms in total. The highest BCUT2D eigenvalue weighted by molar-refractivity contribution is 6.34. The summed E-state index contributed by atoms with van der Waals surface area (Å²) in [5.41, 5.74) is 0.164. The Morgan fingerprint density at radius 2 is 1.85 bits per heavy atom. The molecule has 7 heteroatoms. The van der Waals surface area contributed by atoms with Crippen molar-refractivity contribution in [1.82, 2.24) is 10.2 Å². The number of carbonyl (C=O) groups excluding carboxylic acids is 2. The van der Waals surface area contributed by atoms with Crippen LogP contribution in [0.15, 0.2) is 36.5 Å². The molecule has 2 aromatic rings. The summed E-state index contributed by atoms with van der Waals surface area (Å²) >= 11 is 0. The van der Waals surface area contributed by atoms with Crippen LogP contribution in [0.25, 0.3) is 0 Å². The summed E-state index contributed by atoms with van der Waals surface area (Å²) in [5, 5.41) is 16.3. The maximum absolute atomic E-state index is 12.2. The van der Waals surface area contributed by atoms with Gasteiger partial charge in [0.05, 0.1) is 16.7 Å². The van der Waals surface area contributed by atoms with Crippen LogP contribution in [-0.4, -0.2) is 33.1 Å². The normalized spacial score (nSPS) is 13.5. The number of rotatable bonds is 2. The molecule has 0 radical (unpaired) electrons. The number of fused-ring (bicyclic) bond motifs is 1. The van der Waals surface area contributed by atoms with Gasteiger partial charge in [-0.1, -0.05) is 0 Å². The lowest BCUT2D eigenvalue weighted by molar-refractivity contribution is 0.0696. The van der Waals surface area contributed by atoms with Crippen LogP contribution in [0.5, 0.6) is 0 Å². The maximum atomic E-state index is 12.2. The number of benzene rings is 1. The Labute approximate surface area is 112 Å². The molecule has 1 aliphatic heterocycles. The summed E-state index contributed by atoms with van der Waals surface area (Å²) in [6.07, 6.45) is 1.42. The van der Waals surface area contributed by atoms with E-state index in [1.54, 1.807) is 6.07 Å². The summed E-state index contributed by atoms with van der Waals surface area (Å²) in [6.45, 7) is 0. The van der Waals surface area contributed by atoms with Crippen LogP contribution in [0.1, 0.15) is 31.1 Å². The van der Waals surface area contributed by atoms with Crippen LogP contribution in [0.4, 0.5) is 5.82 Å². The van der Waals surface area contributed by atoms with Gasteiger partial charge in [0, 0.05) is 6.20 Å². The lowest BCUT2D eigenvalue weighted by Crippen LogP contribution is -2.30. The molecule has 1 aromatic heterocycles. The third-order valence-corrected chi connectivity index (χ3v) is 2.92. The zero-order chi connectivity index (χ0) is 14.3. The zero-order valence-corrected chi connectivity index (χ0v) is 9.98. The first kappa shape index (κ1) is 12.0.